The van der Waals surface area contributed by atoms with Crippen LogP contribution in [-0.2, 0) is 6.42 Å². The van der Waals surface area contributed by atoms with E-state index in [0.29, 0.717) is 0 Å². The van der Waals surface area contributed by atoms with Crippen molar-refractivity contribution in [3.05, 3.63) is 36.4 Å². The first-order valence-corrected chi connectivity index (χ1v) is 5.06. The van der Waals surface area contributed by atoms with Gasteiger partial charge in [0.15, 0.2) is 0 Å². The highest BCUT2D eigenvalue weighted by atomic mass is 35.5. The molecule has 0 spiro atoms. The quantitative estimate of drug-likeness (QED) is 0.876. The smallest absolute Gasteiger partial charge is 0.138 e. The predicted molar refractivity (Wildman–Crippen MR) is 74.3 cm³/mol. The Morgan fingerprint density at radius 2 is 1.82 bits per heavy atom. The number of halogens is 2. The van der Waals surface area contributed by atoms with Crippen LogP contribution in [0.1, 0.15) is 19.2 Å². The van der Waals surface area contributed by atoms with Gasteiger partial charge in [-0.15, -0.1) is 24.8 Å². The van der Waals surface area contributed by atoms with Crippen LogP contribution in [0.2, 0.25) is 0 Å². The topological polar surface area (TPSA) is 56.7 Å². The van der Waals surface area contributed by atoms with Crippen molar-refractivity contribution in [3.63, 3.8) is 0 Å². The van der Waals surface area contributed by atoms with Crippen LogP contribution in [0.4, 0.5) is 5.69 Å². The molecule has 94 valence electrons. The van der Waals surface area contributed by atoms with Crippen molar-refractivity contribution >= 4 is 30.5 Å². The maximum Gasteiger partial charge on any atom is 0.138 e. The van der Waals surface area contributed by atoms with Crippen molar-refractivity contribution in [1.29, 1.82) is 0 Å². The number of anilines is 1. The van der Waals surface area contributed by atoms with E-state index in [1.807, 2.05) is 28.9 Å². The molecule has 4 nitrogen and oxygen atoms in total. The number of nitrogens with zero attached hydrogens (tertiary/aromatic N) is 3. The minimum atomic E-state index is 0. The number of nitrogens with two attached hydrogens (primary N) is 1. The average Bonchev–Trinajstić information content (AvgIpc) is 2.68. The van der Waals surface area contributed by atoms with Gasteiger partial charge < -0.3 is 5.73 Å². The number of nitrogen functional groups attached to an aromatic ring is 1. The molecule has 17 heavy (non-hydrogen) atoms. The molecule has 0 unspecified atom stereocenters. The molecule has 0 amide bonds. The summed E-state index contributed by atoms with van der Waals surface area (Å²) < 4.78 is 1.85. The summed E-state index contributed by atoms with van der Waals surface area (Å²) in [7, 11) is 0. The Hall–Kier alpha value is -1.26. The number of hydrogen-bond donors (Lipinski definition) is 1. The minimum Gasteiger partial charge on any atom is -0.399 e. The summed E-state index contributed by atoms with van der Waals surface area (Å²) >= 11 is 0. The van der Waals surface area contributed by atoms with Gasteiger partial charge >= 0.3 is 0 Å². The molecule has 1 aromatic heterocycles. The molecule has 0 saturated heterocycles. The normalized spacial score (nSPS) is 9.24. The van der Waals surface area contributed by atoms with Crippen LogP contribution >= 0.6 is 24.8 Å². The van der Waals surface area contributed by atoms with Crippen molar-refractivity contribution in [2.45, 2.75) is 19.8 Å². The highest BCUT2D eigenvalue weighted by Gasteiger charge is 2.04. The molecule has 2 rings (SSSR count). The van der Waals surface area contributed by atoms with Crippen LogP contribution in [0.15, 0.2) is 30.6 Å². The van der Waals surface area contributed by atoms with Gasteiger partial charge in [-0.3, -0.25) is 0 Å². The van der Waals surface area contributed by atoms with E-state index in [2.05, 4.69) is 17.0 Å². The lowest BCUT2D eigenvalue weighted by molar-refractivity contribution is 0.759. The van der Waals surface area contributed by atoms with E-state index in [9.17, 15) is 0 Å². The molecule has 0 aliphatic heterocycles. The van der Waals surface area contributed by atoms with E-state index in [4.69, 9.17) is 5.73 Å². The Morgan fingerprint density at radius 3 is 2.41 bits per heavy atom. The second-order valence-corrected chi connectivity index (χ2v) is 3.43. The summed E-state index contributed by atoms with van der Waals surface area (Å²) in [6.45, 7) is 2.13. The van der Waals surface area contributed by atoms with Gasteiger partial charge in [-0.05, 0) is 30.7 Å². The number of hydrogen-bond acceptors (Lipinski definition) is 3. The second-order valence-electron chi connectivity index (χ2n) is 3.43. The molecule has 0 atom stereocenters. The van der Waals surface area contributed by atoms with Crippen LogP contribution < -0.4 is 5.73 Å². The van der Waals surface area contributed by atoms with Crippen LogP contribution in [0, 0.1) is 0 Å². The first-order valence-electron chi connectivity index (χ1n) is 5.06. The van der Waals surface area contributed by atoms with E-state index in [1.165, 1.54) is 0 Å². The summed E-state index contributed by atoms with van der Waals surface area (Å²) in [6, 6.07) is 7.63. The van der Waals surface area contributed by atoms with Gasteiger partial charge in [-0.1, -0.05) is 6.92 Å². The molecule has 1 aromatic carbocycles. The maximum absolute atomic E-state index is 5.63. The predicted octanol–water partition coefficient (Wildman–Crippen LogP) is 2.65. The lowest BCUT2D eigenvalue weighted by Gasteiger charge is -2.04. The number of rotatable bonds is 3. The summed E-state index contributed by atoms with van der Waals surface area (Å²) in [5.74, 6) is 0.988. The standard InChI is InChI=1S/C11H14N4.2ClH/c1-2-3-11-13-8-14-15(11)10-6-4-9(12)5-7-10;;/h4-8H,2-3,12H2,1H3;2*1H. The summed E-state index contributed by atoms with van der Waals surface area (Å²) in [4.78, 5) is 4.23. The zero-order chi connectivity index (χ0) is 10.7. The van der Waals surface area contributed by atoms with Gasteiger partial charge in [-0.25, -0.2) is 9.67 Å². The lowest BCUT2D eigenvalue weighted by Crippen LogP contribution is -2.02. The number of aryl methyl sites for hydroxylation is 1. The van der Waals surface area contributed by atoms with E-state index in [-0.39, 0.29) is 24.8 Å². The van der Waals surface area contributed by atoms with Crippen molar-refractivity contribution in [3.8, 4) is 5.69 Å². The van der Waals surface area contributed by atoms with E-state index < -0.39 is 0 Å². The van der Waals surface area contributed by atoms with Gasteiger partial charge in [0.05, 0.1) is 5.69 Å². The Kier molecular flexibility index (Phi) is 6.61. The van der Waals surface area contributed by atoms with Gasteiger partial charge in [-0.2, -0.15) is 5.10 Å². The zero-order valence-corrected chi connectivity index (χ0v) is 11.2. The maximum atomic E-state index is 5.63. The van der Waals surface area contributed by atoms with Crippen LogP contribution in [-0.4, -0.2) is 14.8 Å². The molecular weight excluding hydrogens is 259 g/mol. The molecule has 0 radical (unpaired) electrons. The molecule has 2 aromatic rings. The summed E-state index contributed by atoms with van der Waals surface area (Å²) in [5, 5.41) is 4.20. The largest absolute Gasteiger partial charge is 0.399 e. The third-order valence-electron chi connectivity index (χ3n) is 2.23. The third kappa shape index (κ3) is 3.61. The average molecular weight is 275 g/mol. The second kappa shape index (κ2) is 7.14. The van der Waals surface area contributed by atoms with Crippen molar-refractivity contribution in [2.24, 2.45) is 0 Å². The highest BCUT2D eigenvalue weighted by molar-refractivity contribution is 5.85. The van der Waals surface area contributed by atoms with E-state index >= 15 is 0 Å². The van der Waals surface area contributed by atoms with E-state index in [1.54, 1.807) is 6.33 Å². The fraction of sp³-hybridized carbons (Fsp3) is 0.273. The Morgan fingerprint density at radius 1 is 1.18 bits per heavy atom. The van der Waals surface area contributed by atoms with Crippen molar-refractivity contribution in [2.75, 3.05) is 5.73 Å². The first-order chi connectivity index (χ1) is 7.31. The van der Waals surface area contributed by atoms with Gasteiger partial charge in [0.2, 0.25) is 0 Å². The first kappa shape index (κ1) is 15.7. The number of aromatic nitrogens is 3. The van der Waals surface area contributed by atoms with Gasteiger partial charge in [0, 0.05) is 12.1 Å². The SMILES string of the molecule is CCCc1ncnn1-c1ccc(N)cc1.Cl.Cl. The van der Waals surface area contributed by atoms with Crippen LogP contribution in [0.5, 0.6) is 0 Å². The Balaban J connectivity index is 0.00000128. The highest BCUT2D eigenvalue weighted by Crippen LogP contribution is 2.12. The molecule has 0 saturated carbocycles. The molecular formula is C11H16Cl2N4. The molecule has 0 aliphatic rings. The van der Waals surface area contributed by atoms with Crippen LogP contribution in [0.25, 0.3) is 5.69 Å². The zero-order valence-electron chi connectivity index (χ0n) is 9.54. The summed E-state index contributed by atoms with van der Waals surface area (Å²) in [5.41, 5.74) is 7.40. The Bertz CT molecular complexity index is 439. The molecule has 0 bridgehead atoms. The monoisotopic (exact) mass is 274 g/mol. The lowest BCUT2D eigenvalue weighted by atomic mass is 10.2. The summed E-state index contributed by atoms with van der Waals surface area (Å²) in [6.07, 6.45) is 3.58. The molecule has 0 aliphatic carbocycles. The van der Waals surface area contributed by atoms with Gasteiger partial charge in [0.25, 0.3) is 0 Å². The van der Waals surface area contributed by atoms with Crippen LogP contribution in [0.3, 0.4) is 0 Å². The minimum absolute atomic E-state index is 0. The molecule has 6 heteroatoms. The Labute approximate surface area is 113 Å². The molecule has 2 N–H and O–H groups in total. The van der Waals surface area contributed by atoms with Gasteiger partial charge in [0.1, 0.15) is 12.2 Å². The molecule has 0 fully saturated rings. The fourth-order valence-corrected chi connectivity index (χ4v) is 1.49. The van der Waals surface area contributed by atoms with Crippen molar-refractivity contribution < 1.29 is 0 Å². The molecule has 1 heterocycles. The number of benzene rings is 1. The third-order valence-corrected chi connectivity index (χ3v) is 2.23. The fourth-order valence-electron chi connectivity index (χ4n) is 1.49. The van der Waals surface area contributed by atoms with E-state index in [0.717, 1.165) is 30.0 Å². The van der Waals surface area contributed by atoms with Crippen molar-refractivity contribution in [1.82, 2.24) is 14.8 Å².